The van der Waals surface area contributed by atoms with Gasteiger partial charge in [-0.2, -0.15) is 33.7 Å². The van der Waals surface area contributed by atoms with E-state index in [0.717, 1.165) is 0 Å². The molecule has 3 aromatic heterocycles. The second-order valence-electron chi connectivity index (χ2n) is 18.2. The van der Waals surface area contributed by atoms with Crippen LogP contribution in [0.1, 0.15) is 45.0 Å². The highest BCUT2D eigenvalue weighted by molar-refractivity contribution is 7.86. The summed E-state index contributed by atoms with van der Waals surface area (Å²) in [5.41, 5.74) is 4.68. The summed E-state index contributed by atoms with van der Waals surface area (Å²) in [5.74, 6) is -2.76. The number of nitrogens with zero attached hydrogens (tertiary/aromatic N) is 2. The van der Waals surface area contributed by atoms with E-state index in [0.29, 0.717) is 0 Å². The van der Waals surface area contributed by atoms with Crippen LogP contribution in [0.25, 0.3) is 90.9 Å². The van der Waals surface area contributed by atoms with Gasteiger partial charge in [0.1, 0.15) is 0 Å². The van der Waals surface area contributed by atoms with Crippen molar-refractivity contribution < 1.29 is 51.9 Å². The molecule has 0 unspecified atom stereocenters. The fourth-order valence-corrected chi connectivity index (χ4v) is 13.8. The first kappa shape index (κ1) is 60.0. The maximum atomic E-state index is 12.0. The van der Waals surface area contributed by atoms with Gasteiger partial charge in [0.25, 0.3) is 40.5 Å². The Morgan fingerprint density at radius 2 is 0.512 bits per heavy atom. The Morgan fingerprint density at radius 1 is 0.312 bits per heavy atom. The summed E-state index contributed by atoms with van der Waals surface area (Å²) in [4.78, 5) is 17.2. The largest absolute Gasteiger partial charge is 0.354 e. The van der Waals surface area contributed by atoms with Crippen LogP contribution in [0.3, 0.4) is 0 Å². The zero-order valence-electron chi connectivity index (χ0n) is 40.5. The van der Waals surface area contributed by atoms with Crippen molar-refractivity contribution in [3.05, 3.63) is 158 Å². The van der Waals surface area contributed by atoms with E-state index in [9.17, 15) is 51.9 Å². The van der Waals surface area contributed by atoms with Gasteiger partial charge in [-0.3, -0.25) is 18.2 Å². The van der Waals surface area contributed by atoms with Crippen molar-refractivity contribution in [2.24, 2.45) is 0 Å². The average molecular weight is 1320 g/mol. The fraction of sp³-hybridized carbons (Fsp3) is 0.154. The molecule has 4 aromatic carbocycles. The molecule has 0 amide bonds. The van der Waals surface area contributed by atoms with E-state index in [1.165, 1.54) is 48.5 Å². The van der Waals surface area contributed by atoms with Gasteiger partial charge in [-0.05, 0) is 121 Å². The minimum Gasteiger partial charge on any atom is -0.354 e. The molecule has 0 atom stereocenters. The predicted molar refractivity (Wildman–Crippen MR) is 321 cm³/mol. The minimum absolute atomic E-state index is 0.00583. The smallest absolute Gasteiger partial charge is 0.265 e. The number of aromatic amines is 2. The Kier molecular flexibility index (Phi) is 17.4. The first-order valence-electron chi connectivity index (χ1n) is 23.3. The predicted octanol–water partition coefficient (Wildman–Crippen LogP) is 14.3. The van der Waals surface area contributed by atoms with Crippen molar-refractivity contribution in [2.45, 2.75) is 25.7 Å². The Bertz CT molecular complexity index is 3940. The molecule has 0 saturated carbocycles. The number of fused-ring (bicyclic) bond motifs is 8. The van der Waals surface area contributed by atoms with Gasteiger partial charge in [0.15, 0.2) is 0 Å². The lowest BCUT2D eigenvalue weighted by atomic mass is 9.99. The number of hydrogen-bond donors (Lipinski definition) is 6. The SMILES string of the molecule is O=S(=O)(O)CCc1ccc(Cl)c(-c2c3nc(c(-c4c(Cl)ccc(CCS(=O)(=O)O)c4Cl)c4ccc([nH]4)c(-c4c(Cl)ccc(CCS(=O)(=O)O)c4Cl)c4nc(c(-c5c(Cl)ccc(CCS(=O)(=O)O)c5Cl)c5ccc2[nH]5)C=C4)C=C3)c1Cl. The van der Waals surface area contributed by atoms with E-state index in [1.807, 2.05) is 0 Å². The average Bonchev–Trinajstić information content (AvgIpc) is 4.22. The van der Waals surface area contributed by atoms with Gasteiger partial charge < -0.3 is 9.97 Å². The molecular weight excluding hydrogens is 1280 g/mol. The lowest BCUT2D eigenvalue weighted by Gasteiger charge is -2.15. The van der Waals surface area contributed by atoms with Crippen molar-refractivity contribution in [3.8, 4) is 44.5 Å². The van der Waals surface area contributed by atoms with E-state index in [4.69, 9.17) is 103 Å². The lowest BCUT2D eigenvalue weighted by molar-refractivity contribution is 0.480. The number of aromatic nitrogens is 4. The summed E-state index contributed by atoms with van der Waals surface area (Å²) in [6.45, 7) is 0. The van der Waals surface area contributed by atoms with Gasteiger partial charge in [0, 0.05) is 66.6 Å². The van der Waals surface area contributed by atoms with Crippen molar-refractivity contribution in [3.63, 3.8) is 0 Å². The molecule has 0 saturated heterocycles. The van der Waals surface area contributed by atoms with Crippen LogP contribution in [0, 0.1) is 0 Å². The zero-order chi connectivity index (χ0) is 58.0. The highest BCUT2D eigenvalue weighted by Gasteiger charge is 2.28. The molecule has 418 valence electrons. The van der Waals surface area contributed by atoms with Crippen molar-refractivity contribution >= 4 is 180 Å². The van der Waals surface area contributed by atoms with Gasteiger partial charge in [-0.25, -0.2) is 9.97 Å². The Hall–Kier alpha value is -4.56. The molecule has 28 heteroatoms. The first-order chi connectivity index (χ1) is 37.5. The Morgan fingerprint density at radius 3 is 0.700 bits per heavy atom. The van der Waals surface area contributed by atoms with Crippen LogP contribution in [-0.2, 0) is 66.2 Å². The van der Waals surface area contributed by atoms with E-state index in [2.05, 4.69) is 9.97 Å². The number of halogens is 8. The molecule has 0 fully saturated rings. The molecule has 6 N–H and O–H groups in total. The van der Waals surface area contributed by atoms with E-state index < -0.39 is 63.5 Å². The van der Waals surface area contributed by atoms with Crippen molar-refractivity contribution in [1.82, 2.24) is 19.9 Å². The molecule has 0 aliphatic carbocycles. The number of nitrogens with one attached hydrogen (secondary N) is 2. The van der Waals surface area contributed by atoms with Crippen LogP contribution in [0.2, 0.25) is 40.2 Å². The standard InChI is InChI=1S/C52H38Cl8N4O12S4/c53-29-5-1-25(17-21-77(65,66)67)49(57)41(29)45-33-9-11-35(61-33)46(42-30(54)6-2-26(50(42)58)18-22-78(68,69)70)37-13-15-39(63-37)48(44-32(56)8-4-28(52(44)60)20-24-80(74,75)76)40-16-14-38(64-40)47(36-12-10-34(45)62-36)43-31(55)7-3-27(51(43)59)19-23-79(71,72)73/h1-16,61,64H,17-24H2,(H,65,66,67)(H,68,69,70)(H,71,72,73)(H,74,75,76). The van der Waals surface area contributed by atoms with Crippen molar-refractivity contribution in [1.29, 1.82) is 0 Å². The molecule has 0 spiro atoms. The molecule has 7 aromatic rings. The molecule has 80 heavy (non-hydrogen) atoms. The van der Waals surface area contributed by atoms with Crippen LogP contribution in [0.4, 0.5) is 0 Å². The lowest BCUT2D eigenvalue weighted by Crippen LogP contribution is -2.07. The molecule has 16 nitrogen and oxygen atoms in total. The monoisotopic (exact) mass is 1320 g/mol. The van der Waals surface area contributed by atoms with Crippen LogP contribution in [0.5, 0.6) is 0 Å². The van der Waals surface area contributed by atoms with Gasteiger partial charge in [-0.15, -0.1) is 0 Å². The fourth-order valence-electron chi connectivity index (χ4n) is 9.28. The third-order valence-corrected chi connectivity index (χ3v) is 18.8. The molecule has 2 aliphatic rings. The number of H-pyrrole nitrogens is 2. The first-order valence-corrected chi connectivity index (χ1v) is 32.8. The van der Waals surface area contributed by atoms with E-state index in [1.54, 1.807) is 48.6 Å². The highest BCUT2D eigenvalue weighted by atomic mass is 35.5. The Labute approximate surface area is 498 Å². The van der Waals surface area contributed by atoms with Crippen LogP contribution >= 0.6 is 92.8 Å². The maximum absolute atomic E-state index is 12.0. The highest BCUT2D eigenvalue weighted by Crippen LogP contribution is 2.48. The normalized spacial score (nSPS) is 12.9. The second kappa shape index (κ2) is 23.2. The summed E-state index contributed by atoms with van der Waals surface area (Å²) in [6, 6.07) is 18.7. The van der Waals surface area contributed by atoms with Gasteiger partial charge in [-0.1, -0.05) is 117 Å². The number of aryl methyl sites for hydroxylation is 4. The molecule has 8 bridgehead atoms. The molecule has 0 radical (unpaired) electrons. The van der Waals surface area contributed by atoms with Crippen LogP contribution in [0.15, 0.2) is 72.8 Å². The van der Waals surface area contributed by atoms with E-state index >= 15 is 0 Å². The maximum Gasteiger partial charge on any atom is 0.265 e. The van der Waals surface area contributed by atoms with Gasteiger partial charge >= 0.3 is 0 Å². The summed E-state index contributed by atoms with van der Waals surface area (Å²) in [5, 5.41) is 0.303. The summed E-state index contributed by atoms with van der Waals surface area (Å²) in [6.07, 6.45) is 5.58. The quantitative estimate of drug-likeness (QED) is 0.0491. The number of benzene rings is 4. The Balaban J connectivity index is 1.50. The summed E-state index contributed by atoms with van der Waals surface area (Å²) in [7, 11) is -17.9. The minimum atomic E-state index is -4.47. The molecule has 2 aliphatic heterocycles. The van der Waals surface area contributed by atoms with Gasteiger partial charge in [0.05, 0.1) is 86.0 Å². The molecule has 9 rings (SSSR count). The molecular formula is C52H38Cl8N4O12S4. The van der Waals surface area contributed by atoms with Crippen LogP contribution < -0.4 is 0 Å². The third kappa shape index (κ3) is 13.1. The van der Waals surface area contributed by atoms with Crippen molar-refractivity contribution in [2.75, 3.05) is 23.0 Å². The summed E-state index contributed by atoms with van der Waals surface area (Å²) >= 11 is 57.3. The van der Waals surface area contributed by atoms with Crippen LogP contribution in [-0.4, -0.2) is 94.8 Å². The zero-order valence-corrected chi connectivity index (χ0v) is 49.8. The van der Waals surface area contributed by atoms with E-state index in [-0.39, 0.29) is 177 Å². The summed E-state index contributed by atoms with van der Waals surface area (Å²) < 4.78 is 135. The number of hydrogen-bond acceptors (Lipinski definition) is 10. The third-order valence-electron chi connectivity index (χ3n) is 13.0. The van der Waals surface area contributed by atoms with Gasteiger partial charge in [0.2, 0.25) is 0 Å². The molecule has 5 heterocycles. The number of rotatable bonds is 16. The second-order valence-corrected chi connectivity index (χ2v) is 27.7. The topological polar surface area (TPSA) is 275 Å².